The maximum absolute atomic E-state index is 11.1. The van der Waals surface area contributed by atoms with Crippen molar-refractivity contribution in [3.05, 3.63) is 27.3 Å². The highest BCUT2D eigenvalue weighted by atomic mass is 35.7. The van der Waals surface area contributed by atoms with Crippen molar-refractivity contribution < 1.29 is 21.8 Å². The van der Waals surface area contributed by atoms with Gasteiger partial charge in [0.05, 0.1) is 9.95 Å². The van der Waals surface area contributed by atoms with Gasteiger partial charge in [0.1, 0.15) is 4.90 Å². The highest BCUT2D eigenvalue weighted by Crippen LogP contribution is 2.35. The molecule has 0 N–H and O–H groups in total. The molecule has 12 heteroatoms. The topological polar surface area (TPSA) is 111 Å². The van der Waals surface area contributed by atoms with Crippen molar-refractivity contribution in [1.29, 1.82) is 0 Å². The summed E-state index contributed by atoms with van der Waals surface area (Å²) in [6.45, 7) is 0. The van der Waals surface area contributed by atoms with Crippen LogP contribution in [0.2, 0.25) is 5.02 Å². The minimum Gasteiger partial charge on any atom is -0.258 e. The number of nitro groups is 1. The molecular weight excluding hydrogens is 353 g/mol. The molecule has 0 aliphatic carbocycles. The van der Waals surface area contributed by atoms with E-state index in [0.29, 0.717) is 12.1 Å². The van der Waals surface area contributed by atoms with E-state index >= 15 is 0 Å². The van der Waals surface area contributed by atoms with Crippen molar-refractivity contribution >= 4 is 56.8 Å². The Labute approximate surface area is 115 Å². The second kappa shape index (κ2) is 4.82. The Bertz CT molecular complexity index is 726. The molecule has 1 aromatic rings. The van der Waals surface area contributed by atoms with Gasteiger partial charge in [0.25, 0.3) is 23.8 Å². The number of rotatable bonds is 3. The monoisotopic (exact) mass is 353 g/mol. The standard InChI is InChI=1S/C6H2Cl3NO6S2/c7-3-1-4(10(11)12)6(18(9,15)16)2-5(3)17(8,13)14/h1-2H. The molecule has 0 saturated carbocycles. The van der Waals surface area contributed by atoms with Crippen molar-refractivity contribution in [2.24, 2.45) is 0 Å². The molecule has 0 unspecified atom stereocenters. The molecule has 0 radical (unpaired) electrons. The number of benzene rings is 1. The molecule has 0 amide bonds. The van der Waals surface area contributed by atoms with Gasteiger partial charge >= 0.3 is 0 Å². The zero-order chi connectivity index (χ0) is 14.3. The van der Waals surface area contributed by atoms with Gasteiger partial charge in [-0.25, -0.2) is 16.8 Å². The SMILES string of the molecule is O=[N+]([O-])c1cc(Cl)c(S(=O)(=O)Cl)cc1S(=O)(=O)Cl. The molecule has 100 valence electrons. The van der Waals surface area contributed by atoms with Crippen molar-refractivity contribution in [3.63, 3.8) is 0 Å². The fraction of sp³-hybridized carbons (Fsp3) is 0. The number of nitrogens with zero attached hydrogens (tertiary/aromatic N) is 1. The highest BCUT2D eigenvalue weighted by molar-refractivity contribution is 8.14. The summed E-state index contributed by atoms with van der Waals surface area (Å²) in [4.78, 5) is 7.78. The number of hydrogen-bond donors (Lipinski definition) is 0. The van der Waals surface area contributed by atoms with E-state index in [1.54, 1.807) is 0 Å². The summed E-state index contributed by atoms with van der Waals surface area (Å²) in [6, 6.07) is 0.983. The van der Waals surface area contributed by atoms with Gasteiger partial charge in [0.2, 0.25) is 0 Å². The van der Waals surface area contributed by atoms with Crippen LogP contribution in [0.1, 0.15) is 0 Å². The van der Waals surface area contributed by atoms with Gasteiger partial charge in [0.15, 0.2) is 4.90 Å². The predicted molar refractivity (Wildman–Crippen MR) is 64.2 cm³/mol. The molecular formula is C6H2Cl3NO6S2. The summed E-state index contributed by atoms with van der Waals surface area (Å²) in [5.74, 6) is 0. The lowest BCUT2D eigenvalue weighted by atomic mass is 10.3. The quantitative estimate of drug-likeness (QED) is 0.467. The summed E-state index contributed by atoms with van der Waals surface area (Å²) in [5.41, 5.74) is -0.945. The molecule has 0 aromatic heterocycles. The molecule has 7 nitrogen and oxygen atoms in total. The lowest BCUT2D eigenvalue weighted by Crippen LogP contribution is -2.02. The summed E-state index contributed by atoms with van der Waals surface area (Å²) < 4.78 is 44.4. The van der Waals surface area contributed by atoms with E-state index in [2.05, 4.69) is 0 Å². The third kappa shape index (κ3) is 3.23. The van der Waals surface area contributed by atoms with Gasteiger partial charge in [0, 0.05) is 27.4 Å². The summed E-state index contributed by atoms with van der Waals surface area (Å²) in [6.07, 6.45) is 0. The Hall–Kier alpha value is -0.610. The number of hydrogen-bond acceptors (Lipinski definition) is 6. The molecule has 1 aromatic carbocycles. The molecule has 0 saturated heterocycles. The summed E-state index contributed by atoms with van der Waals surface area (Å²) in [5, 5.41) is 10.0. The minimum absolute atomic E-state index is 0.436. The van der Waals surface area contributed by atoms with E-state index in [1.807, 2.05) is 0 Å². The lowest BCUT2D eigenvalue weighted by molar-refractivity contribution is -0.387. The first kappa shape index (κ1) is 15.4. The lowest BCUT2D eigenvalue weighted by Gasteiger charge is -2.04. The van der Waals surface area contributed by atoms with Gasteiger partial charge in [-0.15, -0.1) is 0 Å². The van der Waals surface area contributed by atoms with Crippen LogP contribution in [-0.2, 0) is 18.1 Å². The van der Waals surface area contributed by atoms with Crippen molar-refractivity contribution in [2.75, 3.05) is 0 Å². The van der Waals surface area contributed by atoms with Crippen LogP contribution >= 0.6 is 33.0 Å². The largest absolute Gasteiger partial charge is 0.290 e. The fourth-order valence-electron chi connectivity index (χ4n) is 1.05. The van der Waals surface area contributed by atoms with Crippen LogP contribution in [0.4, 0.5) is 5.69 Å². The van der Waals surface area contributed by atoms with E-state index in [9.17, 15) is 26.9 Å². The van der Waals surface area contributed by atoms with E-state index in [4.69, 9.17) is 33.0 Å². The molecule has 0 atom stereocenters. The van der Waals surface area contributed by atoms with Crippen LogP contribution in [-0.4, -0.2) is 21.8 Å². The van der Waals surface area contributed by atoms with Gasteiger partial charge in [-0.3, -0.25) is 10.1 Å². The molecule has 0 aliphatic rings. The first-order valence-corrected chi connectivity index (χ1v) is 8.81. The normalized spacial score (nSPS) is 12.4. The smallest absolute Gasteiger partial charge is 0.258 e. The van der Waals surface area contributed by atoms with Crippen LogP contribution in [0, 0.1) is 10.1 Å². The second-order valence-corrected chi connectivity index (χ2v) is 8.36. The van der Waals surface area contributed by atoms with Crippen molar-refractivity contribution in [1.82, 2.24) is 0 Å². The van der Waals surface area contributed by atoms with Gasteiger partial charge in [-0.2, -0.15) is 0 Å². The first-order valence-electron chi connectivity index (χ1n) is 3.82. The van der Waals surface area contributed by atoms with Gasteiger partial charge in [-0.05, 0) is 6.07 Å². The summed E-state index contributed by atoms with van der Waals surface area (Å²) >= 11 is 5.47. The van der Waals surface area contributed by atoms with Crippen LogP contribution in [0.5, 0.6) is 0 Å². The van der Waals surface area contributed by atoms with E-state index in [1.165, 1.54) is 0 Å². The maximum Gasteiger partial charge on any atom is 0.290 e. The molecule has 0 heterocycles. The first-order chi connectivity index (χ1) is 7.94. The van der Waals surface area contributed by atoms with Gasteiger partial charge in [-0.1, -0.05) is 11.6 Å². The van der Waals surface area contributed by atoms with E-state index in [0.717, 1.165) is 0 Å². The Morgan fingerprint density at radius 2 is 1.44 bits per heavy atom. The van der Waals surface area contributed by atoms with E-state index in [-0.39, 0.29) is 0 Å². The minimum atomic E-state index is -4.53. The molecule has 0 bridgehead atoms. The maximum atomic E-state index is 11.1. The van der Waals surface area contributed by atoms with Crippen LogP contribution < -0.4 is 0 Å². The average Bonchev–Trinajstić information content (AvgIpc) is 2.12. The number of nitro benzene ring substituents is 1. The molecule has 0 fully saturated rings. The zero-order valence-corrected chi connectivity index (χ0v) is 11.9. The Balaban J connectivity index is 3.84. The third-order valence-corrected chi connectivity index (χ3v) is 4.87. The molecule has 0 spiro atoms. The Morgan fingerprint density at radius 1 is 1.00 bits per heavy atom. The number of halogens is 3. The van der Waals surface area contributed by atoms with Crippen LogP contribution in [0.25, 0.3) is 0 Å². The second-order valence-electron chi connectivity index (χ2n) is 2.88. The van der Waals surface area contributed by atoms with Crippen molar-refractivity contribution in [2.45, 2.75) is 9.79 Å². The predicted octanol–water partition coefficient (Wildman–Crippen LogP) is 2.10. The molecule has 18 heavy (non-hydrogen) atoms. The summed E-state index contributed by atoms with van der Waals surface area (Å²) in [7, 11) is 1.07. The molecule has 0 aliphatic heterocycles. The van der Waals surface area contributed by atoms with Crippen LogP contribution in [0.3, 0.4) is 0 Å². The van der Waals surface area contributed by atoms with Crippen LogP contribution in [0.15, 0.2) is 21.9 Å². The van der Waals surface area contributed by atoms with Gasteiger partial charge < -0.3 is 0 Å². The Kier molecular flexibility index (Phi) is 4.13. The average molecular weight is 355 g/mol. The Morgan fingerprint density at radius 3 is 1.78 bits per heavy atom. The third-order valence-electron chi connectivity index (χ3n) is 1.74. The molecule has 1 rings (SSSR count). The van der Waals surface area contributed by atoms with E-state index < -0.39 is 43.5 Å². The van der Waals surface area contributed by atoms with Crippen molar-refractivity contribution in [3.8, 4) is 0 Å². The fourth-order valence-corrected chi connectivity index (χ4v) is 3.65. The highest BCUT2D eigenvalue weighted by Gasteiger charge is 2.29. The zero-order valence-electron chi connectivity index (χ0n) is 8.00.